The molecule has 2 amide bonds. The van der Waals surface area contributed by atoms with E-state index >= 15 is 0 Å². The largest absolute Gasteiger partial charge is 0.385 e. The first-order valence-corrected chi connectivity index (χ1v) is 4.96. The van der Waals surface area contributed by atoms with Gasteiger partial charge in [-0.15, -0.1) is 0 Å². The summed E-state index contributed by atoms with van der Waals surface area (Å²) in [6.45, 7) is 0.816. The molecule has 0 aliphatic heterocycles. The van der Waals surface area contributed by atoms with Crippen molar-refractivity contribution in [2.75, 3.05) is 33.5 Å². The molecule has 0 aromatic rings. The number of hydrogen-bond donors (Lipinski definition) is 3. The van der Waals surface area contributed by atoms with Crippen molar-refractivity contribution in [3.05, 3.63) is 0 Å². The van der Waals surface area contributed by atoms with Gasteiger partial charge in [-0.1, -0.05) is 0 Å². The molecule has 7 heteroatoms. The molecule has 7 nitrogen and oxygen atoms in total. The highest BCUT2D eigenvalue weighted by atomic mass is 16.5. The molecular weight excluding hydrogens is 214 g/mol. The molecule has 0 rings (SSSR count). The van der Waals surface area contributed by atoms with Gasteiger partial charge >= 0.3 is 0 Å². The van der Waals surface area contributed by atoms with Crippen molar-refractivity contribution in [1.82, 2.24) is 5.32 Å². The maximum Gasteiger partial charge on any atom is 0.243 e. The predicted molar refractivity (Wildman–Crippen MR) is 57.5 cm³/mol. The van der Waals surface area contributed by atoms with Gasteiger partial charge in [0.15, 0.2) is 0 Å². The summed E-state index contributed by atoms with van der Waals surface area (Å²) in [6.07, 6.45) is 0.463. The Morgan fingerprint density at radius 3 is 2.62 bits per heavy atom. The Balaban J connectivity index is 3.45. The van der Waals surface area contributed by atoms with E-state index in [1.807, 2.05) is 0 Å². The van der Waals surface area contributed by atoms with Crippen molar-refractivity contribution in [1.29, 1.82) is 0 Å². The number of nitrogens with one attached hydrogen (secondary N) is 1. The van der Waals surface area contributed by atoms with Gasteiger partial charge in [0, 0.05) is 20.3 Å². The van der Waals surface area contributed by atoms with Crippen LogP contribution in [0, 0.1) is 0 Å². The molecule has 94 valence electrons. The van der Waals surface area contributed by atoms with Gasteiger partial charge in [-0.05, 0) is 6.42 Å². The molecule has 5 N–H and O–H groups in total. The lowest BCUT2D eigenvalue weighted by molar-refractivity contribution is -0.123. The number of primary amides is 1. The van der Waals surface area contributed by atoms with E-state index < -0.39 is 11.9 Å². The third-order valence-electron chi connectivity index (χ3n) is 1.76. The SMILES string of the molecule is COCCC(N)C(=O)NCCOCC(N)=O. The van der Waals surface area contributed by atoms with Crippen LogP contribution in [0.4, 0.5) is 0 Å². The summed E-state index contributed by atoms with van der Waals surface area (Å²) in [4.78, 5) is 21.6. The van der Waals surface area contributed by atoms with Crippen LogP contribution >= 0.6 is 0 Å². The standard InChI is InChI=1S/C9H19N3O4/c1-15-4-2-7(10)9(14)12-3-5-16-6-8(11)13/h7H,2-6,10H2,1H3,(H2,11,13)(H,12,14). The van der Waals surface area contributed by atoms with Crippen molar-refractivity contribution >= 4 is 11.8 Å². The number of carbonyl (C=O) groups excluding carboxylic acids is 2. The number of ether oxygens (including phenoxy) is 2. The molecule has 0 aliphatic carbocycles. The number of hydrogen-bond acceptors (Lipinski definition) is 5. The third-order valence-corrected chi connectivity index (χ3v) is 1.76. The Bertz CT molecular complexity index is 223. The zero-order valence-electron chi connectivity index (χ0n) is 9.40. The summed E-state index contributed by atoms with van der Waals surface area (Å²) in [5.41, 5.74) is 10.4. The van der Waals surface area contributed by atoms with Gasteiger partial charge in [0.1, 0.15) is 6.61 Å². The second-order valence-corrected chi connectivity index (χ2v) is 3.20. The topological polar surface area (TPSA) is 117 Å². The molecule has 0 aromatic heterocycles. The van der Waals surface area contributed by atoms with Crippen LogP contribution in [0.5, 0.6) is 0 Å². The van der Waals surface area contributed by atoms with Crippen LogP contribution in [0.3, 0.4) is 0 Å². The lowest BCUT2D eigenvalue weighted by atomic mass is 10.2. The Morgan fingerprint density at radius 1 is 1.38 bits per heavy atom. The first-order chi connectivity index (χ1) is 7.57. The third kappa shape index (κ3) is 8.16. The quantitative estimate of drug-likeness (QED) is 0.397. The summed E-state index contributed by atoms with van der Waals surface area (Å²) >= 11 is 0. The second kappa shape index (κ2) is 9.08. The Morgan fingerprint density at radius 2 is 2.06 bits per heavy atom. The van der Waals surface area contributed by atoms with Gasteiger partial charge in [0.2, 0.25) is 11.8 Å². The molecule has 0 spiro atoms. The number of nitrogens with two attached hydrogens (primary N) is 2. The molecule has 0 saturated carbocycles. The van der Waals surface area contributed by atoms with E-state index in [9.17, 15) is 9.59 Å². The van der Waals surface area contributed by atoms with E-state index in [4.69, 9.17) is 20.9 Å². The highest BCUT2D eigenvalue weighted by Gasteiger charge is 2.11. The molecule has 1 atom stereocenters. The van der Waals surface area contributed by atoms with Crippen LogP contribution in [0.2, 0.25) is 0 Å². The van der Waals surface area contributed by atoms with Gasteiger partial charge in [-0.3, -0.25) is 9.59 Å². The second-order valence-electron chi connectivity index (χ2n) is 3.20. The van der Waals surface area contributed by atoms with Crippen LogP contribution < -0.4 is 16.8 Å². The molecule has 0 radical (unpaired) electrons. The van der Waals surface area contributed by atoms with Gasteiger partial charge in [-0.25, -0.2) is 0 Å². The van der Waals surface area contributed by atoms with Crippen LogP contribution in [0.15, 0.2) is 0 Å². The molecule has 16 heavy (non-hydrogen) atoms. The lowest BCUT2D eigenvalue weighted by Crippen LogP contribution is -2.42. The van der Waals surface area contributed by atoms with Crippen molar-refractivity contribution in [2.24, 2.45) is 11.5 Å². The van der Waals surface area contributed by atoms with Gasteiger partial charge in [0.05, 0.1) is 12.6 Å². The highest BCUT2D eigenvalue weighted by molar-refractivity contribution is 5.81. The monoisotopic (exact) mass is 233 g/mol. The summed E-state index contributed by atoms with van der Waals surface area (Å²) < 4.78 is 9.65. The molecule has 0 fully saturated rings. The molecule has 0 aliphatic rings. The maximum absolute atomic E-state index is 11.3. The van der Waals surface area contributed by atoms with Crippen molar-refractivity contribution in [2.45, 2.75) is 12.5 Å². The van der Waals surface area contributed by atoms with E-state index in [1.165, 1.54) is 0 Å². The first kappa shape index (κ1) is 14.8. The average Bonchev–Trinajstić information content (AvgIpc) is 2.24. The maximum atomic E-state index is 11.3. The Labute approximate surface area is 94.4 Å². The minimum Gasteiger partial charge on any atom is -0.385 e. The minimum absolute atomic E-state index is 0.147. The number of carbonyl (C=O) groups is 2. The summed E-state index contributed by atoms with van der Waals surface area (Å²) in [7, 11) is 1.54. The fourth-order valence-corrected chi connectivity index (χ4v) is 0.926. The van der Waals surface area contributed by atoms with Crippen LogP contribution in [0.1, 0.15) is 6.42 Å². The van der Waals surface area contributed by atoms with Gasteiger partial charge in [-0.2, -0.15) is 0 Å². The van der Waals surface area contributed by atoms with Crippen molar-refractivity contribution < 1.29 is 19.1 Å². The van der Waals surface area contributed by atoms with Crippen molar-refractivity contribution in [3.63, 3.8) is 0 Å². The van der Waals surface area contributed by atoms with Crippen LogP contribution in [-0.2, 0) is 19.1 Å². The molecular formula is C9H19N3O4. The minimum atomic E-state index is -0.587. The van der Waals surface area contributed by atoms with E-state index in [-0.39, 0.29) is 19.1 Å². The molecule has 0 saturated heterocycles. The zero-order chi connectivity index (χ0) is 12.4. The Kier molecular flexibility index (Phi) is 8.41. The highest BCUT2D eigenvalue weighted by Crippen LogP contribution is 1.88. The normalized spacial score (nSPS) is 12.1. The first-order valence-electron chi connectivity index (χ1n) is 4.96. The summed E-state index contributed by atoms with van der Waals surface area (Å²) in [5, 5.41) is 2.57. The average molecular weight is 233 g/mol. The molecule has 1 unspecified atom stereocenters. The van der Waals surface area contributed by atoms with Gasteiger partial charge < -0.3 is 26.3 Å². The summed E-state index contributed by atoms with van der Waals surface area (Å²) in [5.74, 6) is -0.803. The molecule has 0 aromatic carbocycles. The van der Waals surface area contributed by atoms with E-state index in [0.717, 1.165) is 0 Å². The number of rotatable bonds is 9. The van der Waals surface area contributed by atoms with E-state index in [0.29, 0.717) is 19.6 Å². The molecule has 0 bridgehead atoms. The predicted octanol–water partition coefficient (Wildman–Crippen LogP) is -2.03. The fraction of sp³-hybridized carbons (Fsp3) is 0.778. The summed E-state index contributed by atoms with van der Waals surface area (Å²) in [6, 6.07) is -0.587. The number of methoxy groups -OCH3 is 1. The Hall–Kier alpha value is -1.18. The van der Waals surface area contributed by atoms with Gasteiger partial charge in [0.25, 0.3) is 0 Å². The lowest BCUT2D eigenvalue weighted by Gasteiger charge is -2.11. The number of amides is 2. The van der Waals surface area contributed by atoms with Crippen molar-refractivity contribution in [3.8, 4) is 0 Å². The van der Waals surface area contributed by atoms with E-state index in [1.54, 1.807) is 7.11 Å². The zero-order valence-corrected chi connectivity index (χ0v) is 9.40. The van der Waals surface area contributed by atoms with Crippen LogP contribution in [-0.4, -0.2) is 51.3 Å². The fourth-order valence-electron chi connectivity index (χ4n) is 0.926. The van der Waals surface area contributed by atoms with E-state index in [2.05, 4.69) is 5.32 Å². The van der Waals surface area contributed by atoms with Crippen LogP contribution in [0.25, 0.3) is 0 Å². The molecule has 0 heterocycles. The smallest absolute Gasteiger partial charge is 0.243 e.